The standard InChI is InChI=1S/C19H26N2O6S2/c1-4-21(5-2)29(24,25)19-10-6-16(7-11-19)20-28(22,23)18-12-8-17(9-13-18)27-15-14-26-3/h6-13,20H,4-5,14-15H2,1-3H3. The molecule has 0 aliphatic heterocycles. The molecule has 160 valence electrons. The number of hydrogen-bond acceptors (Lipinski definition) is 6. The van der Waals surface area contributed by atoms with Gasteiger partial charge in [0.1, 0.15) is 12.4 Å². The van der Waals surface area contributed by atoms with Crippen LogP contribution in [0.4, 0.5) is 5.69 Å². The van der Waals surface area contributed by atoms with Gasteiger partial charge in [-0.05, 0) is 48.5 Å². The van der Waals surface area contributed by atoms with Gasteiger partial charge in [0.05, 0.1) is 16.4 Å². The van der Waals surface area contributed by atoms with Crippen LogP contribution in [0.3, 0.4) is 0 Å². The third-order valence-electron chi connectivity index (χ3n) is 4.14. The Morgan fingerprint density at radius 3 is 1.90 bits per heavy atom. The Hall–Kier alpha value is -2.14. The van der Waals surface area contributed by atoms with E-state index in [0.717, 1.165) is 0 Å². The number of nitrogens with one attached hydrogen (secondary N) is 1. The van der Waals surface area contributed by atoms with Gasteiger partial charge in [-0.25, -0.2) is 16.8 Å². The Bertz CT molecular complexity index is 984. The number of anilines is 1. The molecule has 1 N–H and O–H groups in total. The number of benzene rings is 2. The van der Waals surface area contributed by atoms with Crippen molar-refractivity contribution in [3.63, 3.8) is 0 Å². The molecule has 0 radical (unpaired) electrons. The van der Waals surface area contributed by atoms with Gasteiger partial charge in [0.2, 0.25) is 10.0 Å². The molecule has 0 aromatic heterocycles. The van der Waals surface area contributed by atoms with E-state index in [2.05, 4.69) is 4.72 Å². The van der Waals surface area contributed by atoms with Gasteiger partial charge in [0, 0.05) is 25.9 Å². The van der Waals surface area contributed by atoms with E-state index in [1.54, 1.807) is 33.1 Å². The van der Waals surface area contributed by atoms with Gasteiger partial charge in [-0.1, -0.05) is 13.8 Å². The fourth-order valence-electron chi connectivity index (χ4n) is 2.58. The second-order valence-electron chi connectivity index (χ2n) is 6.03. The Morgan fingerprint density at radius 2 is 1.38 bits per heavy atom. The zero-order valence-electron chi connectivity index (χ0n) is 16.7. The summed E-state index contributed by atoms with van der Waals surface area (Å²) in [6, 6.07) is 11.6. The van der Waals surface area contributed by atoms with Crippen LogP contribution in [0.25, 0.3) is 0 Å². The molecule has 2 rings (SSSR count). The van der Waals surface area contributed by atoms with E-state index in [9.17, 15) is 16.8 Å². The number of methoxy groups -OCH3 is 1. The highest BCUT2D eigenvalue weighted by atomic mass is 32.2. The monoisotopic (exact) mass is 442 g/mol. The van der Waals surface area contributed by atoms with E-state index in [1.807, 2.05) is 0 Å². The maximum atomic E-state index is 12.6. The molecule has 0 heterocycles. The number of sulfonamides is 2. The second-order valence-corrected chi connectivity index (χ2v) is 9.65. The van der Waals surface area contributed by atoms with Gasteiger partial charge in [-0.2, -0.15) is 4.31 Å². The minimum absolute atomic E-state index is 0.0661. The number of rotatable bonds is 11. The van der Waals surface area contributed by atoms with Crippen LogP contribution in [-0.4, -0.2) is 54.6 Å². The highest BCUT2D eigenvalue weighted by Crippen LogP contribution is 2.22. The van der Waals surface area contributed by atoms with Crippen molar-refractivity contribution in [2.75, 3.05) is 38.1 Å². The average Bonchev–Trinajstić information content (AvgIpc) is 2.69. The third kappa shape index (κ3) is 5.92. The molecule has 0 saturated heterocycles. The molecule has 0 bridgehead atoms. The quantitative estimate of drug-likeness (QED) is 0.537. The Balaban J connectivity index is 2.12. The second kappa shape index (κ2) is 10.1. The molecule has 0 fully saturated rings. The lowest BCUT2D eigenvalue weighted by molar-refractivity contribution is 0.146. The number of hydrogen-bond donors (Lipinski definition) is 1. The third-order valence-corrected chi connectivity index (χ3v) is 7.60. The van der Waals surface area contributed by atoms with Crippen molar-refractivity contribution >= 4 is 25.7 Å². The SMILES string of the molecule is CCN(CC)S(=O)(=O)c1ccc(NS(=O)(=O)c2ccc(OCCOC)cc2)cc1. The summed E-state index contributed by atoms with van der Waals surface area (Å²) in [7, 11) is -5.85. The molecule has 0 atom stereocenters. The van der Waals surface area contributed by atoms with Gasteiger partial charge in [0.15, 0.2) is 0 Å². The van der Waals surface area contributed by atoms with Crippen LogP contribution in [0.2, 0.25) is 0 Å². The van der Waals surface area contributed by atoms with Crippen molar-refractivity contribution in [3.8, 4) is 5.75 Å². The average molecular weight is 443 g/mol. The van der Waals surface area contributed by atoms with Crippen LogP contribution in [0.15, 0.2) is 58.3 Å². The first-order valence-corrected chi connectivity index (χ1v) is 12.0. The fraction of sp³-hybridized carbons (Fsp3) is 0.368. The van der Waals surface area contributed by atoms with Crippen molar-refractivity contribution in [3.05, 3.63) is 48.5 Å². The molecular weight excluding hydrogens is 416 g/mol. The van der Waals surface area contributed by atoms with Crippen molar-refractivity contribution in [1.82, 2.24) is 4.31 Å². The molecule has 2 aromatic rings. The molecule has 0 amide bonds. The molecular formula is C19H26N2O6S2. The van der Waals surface area contributed by atoms with Crippen molar-refractivity contribution in [1.29, 1.82) is 0 Å². The Kier molecular flexibility index (Phi) is 8.03. The smallest absolute Gasteiger partial charge is 0.261 e. The first-order valence-electron chi connectivity index (χ1n) is 9.09. The largest absolute Gasteiger partial charge is 0.491 e. The molecule has 29 heavy (non-hydrogen) atoms. The van der Waals surface area contributed by atoms with Crippen molar-refractivity contribution in [2.24, 2.45) is 0 Å². The lowest BCUT2D eigenvalue weighted by Gasteiger charge is -2.18. The number of nitrogens with zero attached hydrogens (tertiary/aromatic N) is 1. The summed E-state index contributed by atoms with van der Waals surface area (Å²) in [6.07, 6.45) is 0. The summed E-state index contributed by atoms with van der Waals surface area (Å²) in [5.74, 6) is 0.534. The lowest BCUT2D eigenvalue weighted by Crippen LogP contribution is -2.30. The molecule has 0 unspecified atom stereocenters. The maximum absolute atomic E-state index is 12.6. The van der Waals surface area contributed by atoms with Gasteiger partial charge in [0.25, 0.3) is 10.0 Å². The fourth-order valence-corrected chi connectivity index (χ4v) is 5.10. The van der Waals surface area contributed by atoms with Crippen molar-refractivity contribution < 1.29 is 26.3 Å². The van der Waals surface area contributed by atoms with Crippen molar-refractivity contribution in [2.45, 2.75) is 23.6 Å². The number of ether oxygens (including phenoxy) is 2. The predicted octanol–water partition coefficient (Wildman–Crippen LogP) is 2.54. The van der Waals surface area contributed by atoms with E-state index in [0.29, 0.717) is 32.1 Å². The highest BCUT2D eigenvalue weighted by molar-refractivity contribution is 7.92. The minimum atomic E-state index is -3.82. The molecule has 2 aromatic carbocycles. The highest BCUT2D eigenvalue weighted by Gasteiger charge is 2.21. The molecule has 0 aliphatic rings. The van der Waals surface area contributed by atoms with Crippen LogP contribution in [0, 0.1) is 0 Å². The molecule has 10 heteroatoms. The lowest BCUT2D eigenvalue weighted by atomic mass is 10.3. The van der Waals surface area contributed by atoms with E-state index < -0.39 is 20.0 Å². The molecule has 8 nitrogen and oxygen atoms in total. The normalized spacial score (nSPS) is 12.1. The van der Waals surface area contributed by atoms with Crippen LogP contribution < -0.4 is 9.46 Å². The molecule has 0 spiro atoms. The van der Waals surface area contributed by atoms with Crippen LogP contribution in [0.5, 0.6) is 5.75 Å². The summed E-state index contributed by atoms with van der Waals surface area (Å²) >= 11 is 0. The van der Waals surface area contributed by atoms with Crippen LogP contribution in [0.1, 0.15) is 13.8 Å². The van der Waals surface area contributed by atoms with E-state index in [-0.39, 0.29) is 15.5 Å². The first-order chi connectivity index (χ1) is 13.7. The van der Waals surface area contributed by atoms with E-state index in [1.165, 1.54) is 40.7 Å². The zero-order valence-corrected chi connectivity index (χ0v) is 18.3. The first kappa shape index (κ1) is 23.1. The summed E-state index contributed by atoms with van der Waals surface area (Å²) in [5, 5.41) is 0. The topological polar surface area (TPSA) is 102 Å². The molecule has 0 aliphatic carbocycles. The Labute approximate surface area is 172 Å². The van der Waals surface area contributed by atoms with Gasteiger partial charge in [-0.15, -0.1) is 0 Å². The zero-order chi connectivity index (χ0) is 21.5. The van der Waals surface area contributed by atoms with Crippen LogP contribution in [-0.2, 0) is 24.8 Å². The maximum Gasteiger partial charge on any atom is 0.261 e. The van der Waals surface area contributed by atoms with E-state index in [4.69, 9.17) is 9.47 Å². The minimum Gasteiger partial charge on any atom is -0.491 e. The Morgan fingerprint density at radius 1 is 0.828 bits per heavy atom. The summed E-state index contributed by atoms with van der Waals surface area (Å²) in [5.41, 5.74) is 0.268. The molecule has 0 saturated carbocycles. The van der Waals surface area contributed by atoms with Gasteiger partial charge >= 0.3 is 0 Å². The summed E-state index contributed by atoms with van der Waals surface area (Å²) < 4.78 is 64.2. The summed E-state index contributed by atoms with van der Waals surface area (Å²) in [6.45, 7) is 5.04. The predicted molar refractivity (Wildman–Crippen MR) is 111 cm³/mol. The van der Waals surface area contributed by atoms with E-state index >= 15 is 0 Å². The van der Waals surface area contributed by atoms with Gasteiger partial charge in [-0.3, -0.25) is 4.72 Å². The van der Waals surface area contributed by atoms with Gasteiger partial charge < -0.3 is 9.47 Å². The van der Waals surface area contributed by atoms with Crippen LogP contribution >= 0.6 is 0 Å². The summed E-state index contributed by atoms with van der Waals surface area (Å²) in [4.78, 5) is 0.179.